The van der Waals surface area contributed by atoms with Gasteiger partial charge >= 0.3 is 17.1 Å². The minimum Gasteiger partial charge on any atom is -0.741 e. The Morgan fingerprint density at radius 1 is 1.07 bits per heavy atom. The van der Waals surface area contributed by atoms with E-state index in [2.05, 4.69) is 45.7 Å². The maximum absolute atomic E-state index is 5.07. The molecule has 0 bridgehead atoms. The maximum atomic E-state index is 5.07. The van der Waals surface area contributed by atoms with Crippen LogP contribution in [-0.2, 0) is 42.3 Å². The maximum Gasteiger partial charge on any atom is 2.00 e. The fraction of sp³-hybridized carbons (Fsp3) is 0.200. The van der Waals surface area contributed by atoms with Crippen LogP contribution in [0.5, 0.6) is 0 Å². The van der Waals surface area contributed by atoms with Crippen molar-refractivity contribution in [3.8, 4) is 0 Å². The molecule has 0 fully saturated rings. The summed E-state index contributed by atoms with van der Waals surface area (Å²) < 4.78 is 0. The first-order chi connectivity index (χ1) is 6.02. The fourth-order valence-corrected chi connectivity index (χ4v) is 0.411. The van der Waals surface area contributed by atoms with Crippen molar-refractivity contribution in [3.05, 3.63) is 0 Å². The van der Waals surface area contributed by atoms with E-state index in [1.807, 2.05) is 0 Å². The van der Waals surface area contributed by atoms with Crippen LogP contribution in [0.1, 0.15) is 6.92 Å². The number of nitrogens with two attached hydrogens (primary N) is 2. The third kappa shape index (κ3) is 11.2. The molecule has 14 heavy (non-hydrogen) atoms. The molecule has 0 aromatic carbocycles. The quantitative estimate of drug-likeness (QED) is 0.229. The summed E-state index contributed by atoms with van der Waals surface area (Å²) in [5.41, 5.74) is 10.6. The van der Waals surface area contributed by atoms with Gasteiger partial charge in [-0.05, 0) is 17.3 Å². The molecule has 0 rings (SSSR count). The smallest absolute Gasteiger partial charge is 0.741 e. The Hall–Kier alpha value is -0.761. The average Bonchev–Trinajstić information content (AvgIpc) is 2.00. The molecule has 81 valence electrons. The molecule has 0 aromatic heterocycles. The zero-order chi connectivity index (χ0) is 10.3. The van der Waals surface area contributed by atoms with E-state index in [1.165, 1.54) is 6.21 Å². The van der Waals surface area contributed by atoms with E-state index in [-0.39, 0.29) is 27.4 Å². The summed E-state index contributed by atoms with van der Waals surface area (Å²) in [6.45, 7) is 1.65. The van der Waals surface area contributed by atoms with Gasteiger partial charge in [-0.1, -0.05) is 0 Å². The number of nitrogens with zero attached hydrogens (tertiary/aromatic N) is 4. The molecule has 0 heterocycles. The SMILES string of the molecule is CC(/C=N/N=C(/N)[S-])=N\N=C(\N)[S-].[Cu+2]. The third-order valence-corrected chi connectivity index (χ3v) is 0.870. The van der Waals surface area contributed by atoms with Gasteiger partial charge in [0, 0.05) is 0 Å². The summed E-state index contributed by atoms with van der Waals surface area (Å²) in [6, 6.07) is 0. The molecule has 0 saturated heterocycles. The summed E-state index contributed by atoms with van der Waals surface area (Å²) >= 11 is 8.91. The molecule has 0 spiro atoms. The van der Waals surface area contributed by atoms with Gasteiger partial charge in [0.15, 0.2) is 0 Å². The molecule has 0 aliphatic heterocycles. The Bertz CT molecular complexity index is 276. The van der Waals surface area contributed by atoms with Gasteiger partial charge in [-0.25, -0.2) is 0 Å². The minimum absolute atomic E-state index is 0. The van der Waals surface area contributed by atoms with Crippen LogP contribution < -0.4 is 11.5 Å². The molecule has 0 aromatic rings. The van der Waals surface area contributed by atoms with Crippen LogP contribution in [0.25, 0.3) is 0 Å². The van der Waals surface area contributed by atoms with Crippen molar-refractivity contribution in [2.24, 2.45) is 31.9 Å². The molecule has 0 aliphatic carbocycles. The van der Waals surface area contributed by atoms with Crippen LogP contribution in [0.15, 0.2) is 20.4 Å². The normalized spacial score (nSPS) is 14.2. The van der Waals surface area contributed by atoms with E-state index in [1.54, 1.807) is 6.92 Å². The van der Waals surface area contributed by atoms with E-state index in [4.69, 9.17) is 11.5 Å². The number of amidine groups is 2. The monoisotopic (exact) mass is 279 g/mol. The standard InChI is InChI=1S/C5H10N6S2.Cu/c1-3(9-11-5(7)13)2-8-10-4(6)12;/h2H,1H3,(H3,6,10,12)(H3,7,11,13);/q;+2/p-2/b8-2+,9-3+;. The molecule has 0 saturated carbocycles. The third-order valence-electron chi connectivity index (χ3n) is 0.707. The Kier molecular flexibility index (Phi) is 9.89. The van der Waals surface area contributed by atoms with Crippen molar-refractivity contribution in [1.82, 2.24) is 0 Å². The van der Waals surface area contributed by atoms with Gasteiger partial charge < -0.3 is 36.7 Å². The van der Waals surface area contributed by atoms with Crippen molar-refractivity contribution in [2.75, 3.05) is 0 Å². The molecular formula is C5H8CuN6S2. The van der Waals surface area contributed by atoms with Gasteiger partial charge in [0.05, 0.1) is 11.9 Å². The Morgan fingerprint density at radius 2 is 1.57 bits per heavy atom. The molecule has 1 radical (unpaired) electrons. The van der Waals surface area contributed by atoms with Gasteiger partial charge in [0.1, 0.15) is 0 Å². The van der Waals surface area contributed by atoms with Crippen molar-refractivity contribution < 1.29 is 17.1 Å². The minimum atomic E-state index is -0.0460. The zero-order valence-corrected chi connectivity index (χ0v) is 9.71. The molecule has 0 aliphatic rings. The first kappa shape index (κ1) is 15.7. The van der Waals surface area contributed by atoms with Crippen LogP contribution >= 0.6 is 0 Å². The van der Waals surface area contributed by atoms with Gasteiger partial charge in [0.2, 0.25) is 0 Å². The van der Waals surface area contributed by atoms with Gasteiger partial charge in [0.25, 0.3) is 0 Å². The molecule has 9 heteroatoms. The first-order valence-electron chi connectivity index (χ1n) is 3.10. The Labute approximate surface area is 103 Å². The summed E-state index contributed by atoms with van der Waals surface area (Å²) in [7, 11) is 0. The topological polar surface area (TPSA) is 101 Å². The van der Waals surface area contributed by atoms with E-state index >= 15 is 0 Å². The van der Waals surface area contributed by atoms with Crippen LogP contribution in [0.2, 0.25) is 0 Å². The summed E-state index contributed by atoms with van der Waals surface area (Å²) in [5, 5.41) is 13.8. The summed E-state index contributed by atoms with van der Waals surface area (Å²) in [6.07, 6.45) is 1.33. The number of rotatable bonds is 3. The van der Waals surface area contributed by atoms with Gasteiger partial charge in [-0.3, -0.25) is 0 Å². The predicted octanol–water partition coefficient (Wildman–Crippen LogP) is -0.931. The van der Waals surface area contributed by atoms with Crippen molar-refractivity contribution >= 4 is 47.5 Å². The molecule has 6 nitrogen and oxygen atoms in total. The zero-order valence-electron chi connectivity index (χ0n) is 7.14. The van der Waals surface area contributed by atoms with E-state index in [0.717, 1.165) is 0 Å². The van der Waals surface area contributed by atoms with Crippen LogP contribution in [0.4, 0.5) is 0 Å². The van der Waals surface area contributed by atoms with Crippen molar-refractivity contribution in [2.45, 2.75) is 6.92 Å². The largest absolute Gasteiger partial charge is 2.00 e. The Morgan fingerprint density at radius 3 is 2.00 bits per heavy atom. The predicted molar refractivity (Wildman–Crippen MR) is 59.6 cm³/mol. The number of hydrogen-bond acceptors (Lipinski definition) is 6. The van der Waals surface area contributed by atoms with Crippen LogP contribution in [0, 0.1) is 0 Å². The van der Waals surface area contributed by atoms with Gasteiger partial charge in [-0.2, -0.15) is 20.4 Å². The molecular weight excluding hydrogens is 272 g/mol. The molecule has 0 atom stereocenters. The fourth-order valence-electron chi connectivity index (χ4n) is 0.323. The molecule has 0 amide bonds. The second-order valence-corrected chi connectivity index (χ2v) is 2.70. The van der Waals surface area contributed by atoms with Crippen LogP contribution in [-0.4, -0.2) is 22.3 Å². The second kappa shape index (κ2) is 8.82. The van der Waals surface area contributed by atoms with E-state index in [9.17, 15) is 0 Å². The van der Waals surface area contributed by atoms with Crippen molar-refractivity contribution in [3.63, 3.8) is 0 Å². The van der Waals surface area contributed by atoms with Crippen LogP contribution in [0.3, 0.4) is 0 Å². The molecule has 4 N–H and O–H groups in total. The van der Waals surface area contributed by atoms with Crippen molar-refractivity contribution in [1.29, 1.82) is 0 Å². The van der Waals surface area contributed by atoms with Gasteiger partial charge in [-0.15, -0.1) is 0 Å². The number of hydrogen-bond donors (Lipinski definition) is 2. The summed E-state index contributed by atoms with van der Waals surface area (Å²) in [4.78, 5) is 0. The first-order valence-corrected chi connectivity index (χ1v) is 3.92. The molecule has 0 unspecified atom stereocenters. The van der Waals surface area contributed by atoms with E-state index < -0.39 is 0 Å². The average molecular weight is 280 g/mol. The van der Waals surface area contributed by atoms with E-state index in [0.29, 0.717) is 5.71 Å². The Balaban J connectivity index is 0. The summed E-state index contributed by atoms with van der Waals surface area (Å²) in [5.74, 6) is 0. The second-order valence-electron chi connectivity index (χ2n) is 1.86.